The molecule has 2 aliphatic heterocycles. The van der Waals surface area contributed by atoms with E-state index in [1.807, 2.05) is 18.8 Å². The molecule has 5 nitrogen and oxygen atoms in total. The van der Waals surface area contributed by atoms with Crippen molar-refractivity contribution in [1.82, 2.24) is 10.6 Å². The summed E-state index contributed by atoms with van der Waals surface area (Å²) in [6.45, 7) is 11.7. The average molecular weight is 547 g/mol. The number of nitrogens with zero attached hydrogens (tertiary/aromatic N) is 2. The number of thioether (sulfide) groups is 1. The summed E-state index contributed by atoms with van der Waals surface area (Å²) in [4.78, 5) is 6.89. The maximum Gasteiger partial charge on any atom is 0.191 e. The van der Waals surface area contributed by atoms with E-state index in [4.69, 9.17) is 4.74 Å². The topological polar surface area (TPSA) is 48.9 Å². The molecule has 2 fully saturated rings. The van der Waals surface area contributed by atoms with E-state index in [-0.39, 0.29) is 29.4 Å². The summed E-state index contributed by atoms with van der Waals surface area (Å²) in [7, 11) is 1.84. The molecule has 0 amide bonds. The molecule has 170 valence electrons. The molecule has 2 N–H and O–H groups in total. The normalized spacial score (nSPS) is 22.9. The number of hydrogen-bond donors (Lipinski definition) is 2. The highest BCUT2D eigenvalue weighted by Crippen LogP contribution is 2.33. The number of nitrogens with one attached hydrogen (secondary N) is 2. The lowest BCUT2D eigenvalue weighted by atomic mass is 9.78. The van der Waals surface area contributed by atoms with Crippen LogP contribution in [-0.2, 0) is 11.3 Å². The molecule has 2 saturated heterocycles. The van der Waals surface area contributed by atoms with Crippen LogP contribution in [0.25, 0.3) is 0 Å². The Kier molecular flexibility index (Phi) is 10.6. The highest BCUT2D eigenvalue weighted by atomic mass is 127. The maximum atomic E-state index is 6.11. The number of hydrogen-bond acceptors (Lipinski definition) is 4. The summed E-state index contributed by atoms with van der Waals surface area (Å²) in [5.41, 5.74) is 2.78. The largest absolute Gasteiger partial charge is 0.377 e. The predicted octanol–water partition coefficient (Wildman–Crippen LogP) is 4.36. The second-order valence-electron chi connectivity index (χ2n) is 9.13. The van der Waals surface area contributed by atoms with Gasteiger partial charge in [-0.25, -0.2) is 0 Å². The lowest BCUT2D eigenvalue weighted by molar-refractivity contribution is -0.0835. The molecule has 2 unspecified atom stereocenters. The van der Waals surface area contributed by atoms with Crippen LogP contribution < -0.4 is 15.5 Å². The Hall–Kier alpha value is -0.670. The Morgan fingerprint density at radius 1 is 1.17 bits per heavy atom. The molecule has 2 heterocycles. The molecule has 0 bridgehead atoms. The van der Waals surface area contributed by atoms with Crippen LogP contribution in [0.5, 0.6) is 0 Å². The molecule has 3 rings (SSSR count). The molecule has 30 heavy (non-hydrogen) atoms. The molecule has 2 atom stereocenters. The van der Waals surface area contributed by atoms with E-state index in [9.17, 15) is 0 Å². The Morgan fingerprint density at radius 3 is 2.50 bits per heavy atom. The standard InChI is InChI=1S/C23H38N4OS.HI/c1-23(2,3)21-19(6-5-13-28-21)17-26-22(24-4)25-16-18-7-9-20(10-8-18)27-11-14-29-15-12-27;/h7-10,19,21H,5-6,11-17H2,1-4H3,(H2,24,25,26);1H. The number of rotatable bonds is 5. The minimum Gasteiger partial charge on any atom is -0.377 e. The molecular weight excluding hydrogens is 507 g/mol. The van der Waals surface area contributed by atoms with E-state index >= 15 is 0 Å². The van der Waals surface area contributed by atoms with Crippen LogP contribution in [0.15, 0.2) is 29.3 Å². The van der Waals surface area contributed by atoms with Crippen molar-refractivity contribution in [2.75, 3.05) is 49.7 Å². The zero-order chi connectivity index (χ0) is 20.7. The first-order valence-corrected chi connectivity index (χ1v) is 12.1. The molecule has 1 aromatic rings. The third kappa shape index (κ3) is 7.48. The van der Waals surface area contributed by atoms with Crippen molar-refractivity contribution in [1.29, 1.82) is 0 Å². The van der Waals surface area contributed by atoms with Crippen molar-refractivity contribution >= 4 is 47.4 Å². The van der Waals surface area contributed by atoms with Gasteiger partial charge in [-0.05, 0) is 36.0 Å². The predicted molar refractivity (Wildman–Crippen MR) is 142 cm³/mol. The van der Waals surface area contributed by atoms with Crippen LogP contribution in [0.3, 0.4) is 0 Å². The zero-order valence-electron chi connectivity index (χ0n) is 18.9. The summed E-state index contributed by atoms with van der Waals surface area (Å²) in [5.74, 6) is 3.84. The van der Waals surface area contributed by atoms with Crippen molar-refractivity contribution in [2.45, 2.75) is 46.3 Å². The minimum atomic E-state index is 0. The molecule has 2 aliphatic rings. The smallest absolute Gasteiger partial charge is 0.191 e. The van der Waals surface area contributed by atoms with Gasteiger partial charge in [0.25, 0.3) is 0 Å². The van der Waals surface area contributed by atoms with Crippen molar-refractivity contribution in [3.63, 3.8) is 0 Å². The average Bonchev–Trinajstić information content (AvgIpc) is 2.74. The van der Waals surface area contributed by atoms with Gasteiger partial charge in [0.2, 0.25) is 0 Å². The first-order valence-electron chi connectivity index (χ1n) is 10.9. The van der Waals surface area contributed by atoms with Gasteiger partial charge in [-0.3, -0.25) is 4.99 Å². The van der Waals surface area contributed by atoms with Crippen molar-refractivity contribution in [2.24, 2.45) is 16.3 Å². The number of aliphatic imine (C=N–C) groups is 1. The molecule has 0 saturated carbocycles. The van der Waals surface area contributed by atoms with E-state index in [1.165, 1.54) is 29.2 Å². The van der Waals surface area contributed by atoms with Crippen LogP contribution >= 0.6 is 35.7 Å². The Balaban J connectivity index is 0.00000320. The Labute approximate surface area is 204 Å². The summed E-state index contributed by atoms with van der Waals surface area (Å²) in [6.07, 6.45) is 2.65. The number of benzene rings is 1. The second-order valence-corrected chi connectivity index (χ2v) is 10.4. The van der Waals surface area contributed by atoms with E-state index in [2.05, 4.69) is 65.6 Å². The molecular formula is C23H39IN4OS. The molecule has 0 aromatic heterocycles. The van der Waals surface area contributed by atoms with Crippen molar-refractivity contribution in [3.05, 3.63) is 29.8 Å². The van der Waals surface area contributed by atoms with Crippen molar-refractivity contribution in [3.8, 4) is 0 Å². The summed E-state index contributed by atoms with van der Waals surface area (Å²) in [5, 5.41) is 6.98. The fraction of sp³-hybridized carbons (Fsp3) is 0.696. The first kappa shape index (κ1) is 25.6. The van der Waals surface area contributed by atoms with Gasteiger partial charge < -0.3 is 20.3 Å². The third-order valence-electron chi connectivity index (χ3n) is 5.83. The van der Waals surface area contributed by atoms with Gasteiger partial charge in [-0.2, -0.15) is 11.8 Å². The van der Waals surface area contributed by atoms with Gasteiger partial charge in [0.1, 0.15) is 0 Å². The van der Waals surface area contributed by atoms with Crippen LogP contribution in [-0.4, -0.2) is 56.9 Å². The molecule has 0 aliphatic carbocycles. The Morgan fingerprint density at radius 2 is 1.87 bits per heavy atom. The quantitative estimate of drug-likeness (QED) is 0.327. The van der Waals surface area contributed by atoms with Crippen molar-refractivity contribution < 1.29 is 4.74 Å². The number of guanidine groups is 1. The fourth-order valence-corrected chi connectivity index (χ4v) is 5.19. The molecule has 0 radical (unpaired) electrons. The van der Waals surface area contributed by atoms with Crippen LogP contribution in [0, 0.1) is 11.3 Å². The van der Waals surface area contributed by atoms with Crippen LogP contribution in [0.1, 0.15) is 39.2 Å². The fourth-order valence-electron chi connectivity index (χ4n) is 4.29. The zero-order valence-corrected chi connectivity index (χ0v) is 22.1. The van der Waals surface area contributed by atoms with Gasteiger partial charge in [-0.15, -0.1) is 24.0 Å². The lowest BCUT2D eigenvalue weighted by Crippen LogP contribution is -2.47. The SMILES string of the molecule is CN=C(NCc1ccc(N2CCSCC2)cc1)NCC1CCCOC1C(C)(C)C.I. The summed E-state index contributed by atoms with van der Waals surface area (Å²) in [6, 6.07) is 8.94. The molecule has 1 aromatic carbocycles. The molecule has 0 spiro atoms. The number of ether oxygens (including phenoxy) is 1. The van der Waals surface area contributed by atoms with Gasteiger partial charge >= 0.3 is 0 Å². The highest BCUT2D eigenvalue weighted by molar-refractivity contribution is 14.0. The Bertz CT molecular complexity index is 656. The van der Waals surface area contributed by atoms with Gasteiger partial charge in [0, 0.05) is 62.9 Å². The third-order valence-corrected chi connectivity index (χ3v) is 6.77. The first-order chi connectivity index (χ1) is 14.0. The monoisotopic (exact) mass is 546 g/mol. The van der Waals surface area contributed by atoms with Gasteiger partial charge in [0.15, 0.2) is 5.96 Å². The van der Waals surface area contributed by atoms with Gasteiger partial charge in [-0.1, -0.05) is 32.9 Å². The summed E-state index contributed by atoms with van der Waals surface area (Å²) >= 11 is 2.05. The van der Waals surface area contributed by atoms with E-state index in [1.54, 1.807) is 0 Å². The highest BCUT2D eigenvalue weighted by Gasteiger charge is 2.35. The van der Waals surface area contributed by atoms with Crippen LogP contribution in [0.2, 0.25) is 0 Å². The lowest BCUT2D eigenvalue weighted by Gasteiger charge is -2.40. The summed E-state index contributed by atoms with van der Waals surface area (Å²) < 4.78 is 6.11. The maximum absolute atomic E-state index is 6.11. The van der Waals surface area contributed by atoms with E-state index < -0.39 is 0 Å². The van der Waals surface area contributed by atoms with Crippen LogP contribution in [0.4, 0.5) is 5.69 Å². The number of halogens is 1. The van der Waals surface area contributed by atoms with Gasteiger partial charge in [0.05, 0.1) is 6.10 Å². The second kappa shape index (κ2) is 12.4. The van der Waals surface area contributed by atoms with E-state index in [0.29, 0.717) is 12.0 Å². The van der Waals surface area contributed by atoms with E-state index in [0.717, 1.165) is 45.2 Å². The molecule has 7 heteroatoms. The minimum absolute atomic E-state index is 0. The number of anilines is 1.